The molecular weight excluding hydrogens is 180 g/mol. The van der Waals surface area contributed by atoms with Crippen LogP contribution < -0.4 is 0 Å². The van der Waals surface area contributed by atoms with Crippen molar-refractivity contribution in [3.8, 4) is 16.2 Å². The van der Waals surface area contributed by atoms with Crippen molar-refractivity contribution in [3.05, 3.63) is 41.3 Å². The Labute approximate surface area is 81.3 Å². The van der Waals surface area contributed by atoms with Gasteiger partial charge in [-0.05, 0) is 35.6 Å². The number of hydrogen-bond acceptors (Lipinski definition) is 2. The van der Waals surface area contributed by atoms with Gasteiger partial charge < -0.3 is 5.11 Å². The van der Waals surface area contributed by atoms with Gasteiger partial charge in [-0.1, -0.05) is 18.2 Å². The van der Waals surface area contributed by atoms with Crippen LogP contribution in [0.4, 0.5) is 0 Å². The first-order chi connectivity index (χ1) is 6.29. The molecule has 2 aromatic rings. The molecule has 1 heterocycles. The van der Waals surface area contributed by atoms with E-state index in [4.69, 9.17) is 0 Å². The molecule has 0 fully saturated rings. The molecule has 1 N–H and O–H groups in total. The molecule has 1 aromatic heterocycles. The van der Waals surface area contributed by atoms with Crippen LogP contribution in [0.15, 0.2) is 35.7 Å². The zero-order valence-corrected chi connectivity index (χ0v) is 8.14. The van der Waals surface area contributed by atoms with Crippen molar-refractivity contribution in [2.24, 2.45) is 0 Å². The molecule has 0 saturated carbocycles. The Morgan fingerprint density at radius 2 is 2.00 bits per heavy atom. The van der Waals surface area contributed by atoms with E-state index in [0.717, 1.165) is 11.1 Å². The van der Waals surface area contributed by atoms with E-state index in [2.05, 4.69) is 6.07 Å². The second kappa shape index (κ2) is 3.23. The Balaban J connectivity index is 2.59. The summed E-state index contributed by atoms with van der Waals surface area (Å²) in [6.07, 6.45) is 0. The molecule has 0 aliphatic rings. The monoisotopic (exact) mass is 190 g/mol. The Hall–Kier alpha value is -1.28. The van der Waals surface area contributed by atoms with Crippen molar-refractivity contribution >= 4 is 11.3 Å². The third-order valence-electron chi connectivity index (χ3n) is 2.09. The molecule has 0 aliphatic heterocycles. The van der Waals surface area contributed by atoms with E-state index < -0.39 is 0 Å². The van der Waals surface area contributed by atoms with Gasteiger partial charge >= 0.3 is 0 Å². The van der Waals surface area contributed by atoms with Gasteiger partial charge in [-0.15, -0.1) is 11.3 Å². The quantitative estimate of drug-likeness (QED) is 0.730. The van der Waals surface area contributed by atoms with Crippen LogP contribution in [0, 0.1) is 6.92 Å². The normalized spacial score (nSPS) is 10.2. The minimum atomic E-state index is 0.367. The van der Waals surface area contributed by atoms with Crippen LogP contribution in [0.2, 0.25) is 0 Å². The van der Waals surface area contributed by atoms with Gasteiger partial charge in [0.25, 0.3) is 0 Å². The summed E-state index contributed by atoms with van der Waals surface area (Å²) in [6.45, 7) is 1.93. The molecule has 1 nitrogen and oxygen atoms in total. The molecule has 0 amide bonds. The van der Waals surface area contributed by atoms with Gasteiger partial charge in [0, 0.05) is 4.88 Å². The summed E-state index contributed by atoms with van der Waals surface area (Å²) in [6, 6.07) is 9.70. The van der Waals surface area contributed by atoms with Gasteiger partial charge in [-0.3, -0.25) is 0 Å². The topological polar surface area (TPSA) is 20.2 Å². The number of hydrogen-bond donors (Lipinski definition) is 1. The van der Waals surface area contributed by atoms with E-state index in [1.54, 1.807) is 17.4 Å². The van der Waals surface area contributed by atoms with Crippen molar-refractivity contribution in [3.63, 3.8) is 0 Å². The van der Waals surface area contributed by atoms with Gasteiger partial charge in [0.2, 0.25) is 0 Å². The molecule has 0 radical (unpaired) electrons. The third kappa shape index (κ3) is 1.45. The van der Waals surface area contributed by atoms with Crippen LogP contribution in [0.1, 0.15) is 5.56 Å². The van der Waals surface area contributed by atoms with Crippen LogP contribution >= 0.6 is 11.3 Å². The van der Waals surface area contributed by atoms with Crippen LogP contribution in [-0.4, -0.2) is 5.11 Å². The third-order valence-corrected chi connectivity index (χ3v) is 2.99. The number of aromatic hydroxyl groups is 1. The summed E-state index contributed by atoms with van der Waals surface area (Å²) in [5.74, 6) is 0.367. The Morgan fingerprint density at radius 1 is 1.15 bits per heavy atom. The molecule has 1 aromatic carbocycles. The maximum absolute atomic E-state index is 9.50. The van der Waals surface area contributed by atoms with Gasteiger partial charge in [0.15, 0.2) is 0 Å². The number of phenols is 1. The number of thiophene rings is 1. The van der Waals surface area contributed by atoms with Crippen molar-refractivity contribution in [1.82, 2.24) is 0 Å². The molecule has 2 heteroatoms. The van der Waals surface area contributed by atoms with Crippen molar-refractivity contribution in [2.45, 2.75) is 6.92 Å². The first-order valence-electron chi connectivity index (χ1n) is 4.11. The number of benzene rings is 1. The summed E-state index contributed by atoms with van der Waals surface area (Å²) in [4.78, 5) is 1.20. The van der Waals surface area contributed by atoms with E-state index in [-0.39, 0.29) is 0 Å². The lowest BCUT2D eigenvalue weighted by atomic mass is 10.1. The van der Waals surface area contributed by atoms with E-state index in [0.29, 0.717) is 5.75 Å². The second-order valence-electron chi connectivity index (χ2n) is 2.93. The first-order valence-corrected chi connectivity index (χ1v) is 4.99. The summed E-state index contributed by atoms with van der Waals surface area (Å²) < 4.78 is 0. The van der Waals surface area contributed by atoms with E-state index >= 15 is 0 Å². The molecule has 2 rings (SSSR count). The molecule has 0 unspecified atom stereocenters. The zero-order chi connectivity index (χ0) is 9.26. The van der Waals surface area contributed by atoms with E-state index in [1.165, 1.54) is 4.88 Å². The Kier molecular flexibility index (Phi) is 2.07. The minimum absolute atomic E-state index is 0.367. The van der Waals surface area contributed by atoms with E-state index in [9.17, 15) is 5.11 Å². The molecule has 0 atom stereocenters. The van der Waals surface area contributed by atoms with E-state index in [1.807, 2.05) is 30.5 Å². The summed E-state index contributed by atoms with van der Waals surface area (Å²) in [5, 5.41) is 11.5. The highest BCUT2D eigenvalue weighted by molar-refractivity contribution is 7.13. The van der Waals surface area contributed by atoms with Crippen molar-refractivity contribution in [2.75, 3.05) is 0 Å². The van der Waals surface area contributed by atoms with Crippen LogP contribution in [0.3, 0.4) is 0 Å². The first kappa shape index (κ1) is 8.32. The average Bonchev–Trinajstić information content (AvgIpc) is 2.62. The van der Waals surface area contributed by atoms with Crippen LogP contribution in [0.25, 0.3) is 10.4 Å². The number of phenolic OH excluding ortho intramolecular Hbond substituents is 1. The minimum Gasteiger partial charge on any atom is -0.508 e. The fraction of sp³-hybridized carbons (Fsp3) is 0.0909. The fourth-order valence-corrected chi connectivity index (χ4v) is 2.13. The predicted molar refractivity (Wildman–Crippen MR) is 56.2 cm³/mol. The van der Waals surface area contributed by atoms with Gasteiger partial charge in [-0.2, -0.15) is 0 Å². The largest absolute Gasteiger partial charge is 0.508 e. The maximum Gasteiger partial charge on any atom is 0.119 e. The zero-order valence-electron chi connectivity index (χ0n) is 7.32. The van der Waals surface area contributed by atoms with Crippen molar-refractivity contribution < 1.29 is 5.11 Å². The predicted octanol–water partition coefficient (Wildman–Crippen LogP) is 3.43. The molecule has 66 valence electrons. The lowest BCUT2D eigenvalue weighted by Crippen LogP contribution is -1.79. The van der Waals surface area contributed by atoms with Gasteiger partial charge in [0.1, 0.15) is 5.75 Å². The fourth-order valence-electron chi connectivity index (χ4n) is 1.32. The average molecular weight is 190 g/mol. The van der Waals surface area contributed by atoms with Crippen LogP contribution in [0.5, 0.6) is 5.75 Å². The molecule has 0 bridgehead atoms. The molecule has 0 spiro atoms. The standard InChI is InChI=1S/C11H10OS/c1-8-9(4-2-5-10(8)12)11-6-3-7-13-11/h2-7,12H,1H3. The second-order valence-corrected chi connectivity index (χ2v) is 3.87. The van der Waals surface area contributed by atoms with Crippen LogP contribution in [-0.2, 0) is 0 Å². The highest BCUT2D eigenvalue weighted by Gasteiger charge is 2.04. The highest BCUT2D eigenvalue weighted by Crippen LogP contribution is 2.31. The Morgan fingerprint density at radius 3 is 2.69 bits per heavy atom. The highest BCUT2D eigenvalue weighted by atomic mass is 32.1. The maximum atomic E-state index is 9.50. The summed E-state index contributed by atoms with van der Waals surface area (Å²) in [7, 11) is 0. The summed E-state index contributed by atoms with van der Waals surface area (Å²) >= 11 is 1.69. The SMILES string of the molecule is Cc1c(O)cccc1-c1cccs1. The lowest BCUT2D eigenvalue weighted by Gasteiger charge is -2.04. The van der Waals surface area contributed by atoms with Gasteiger partial charge in [-0.25, -0.2) is 0 Å². The Bertz CT molecular complexity index is 404. The molecule has 13 heavy (non-hydrogen) atoms. The molecular formula is C11H10OS. The number of rotatable bonds is 1. The molecule has 0 aliphatic carbocycles. The van der Waals surface area contributed by atoms with Gasteiger partial charge in [0.05, 0.1) is 0 Å². The summed E-state index contributed by atoms with van der Waals surface area (Å²) in [5.41, 5.74) is 2.07. The smallest absolute Gasteiger partial charge is 0.119 e. The lowest BCUT2D eigenvalue weighted by molar-refractivity contribution is 0.471. The van der Waals surface area contributed by atoms with Crippen molar-refractivity contribution in [1.29, 1.82) is 0 Å². The molecule has 0 saturated heterocycles.